The molecule has 4 nitrogen and oxygen atoms in total. The van der Waals surface area contributed by atoms with Crippen LogP contribution in [0.25, 0.3) is 0 Å². The van der Waals surface area contributed by atoms with Gasteiger partial charge < -0.3 is 9.64 Å². The standard InChI is InChI=1S/C12H24N2O2/c1-4-6-7-10-12(15)14(8-9-16-3)11(5-2)13-10/h10-11,13H,4-9H2,1-3H3. The van der Waals surface area contributed by atoms with E-state index in [2.05, 4.69) is 19.2 Å². The van der Waals surface area contributed by atoms with E-state index in [-0.39, 0.29) is 18.1 Å². The number of rotatable bonds is 7. The van der Waals surface area contributed by atoms with Crippen molar-refractivity contribution in [3.05, 3.63) is 0 Å². The van der Waals surface area contributed by atoms with Crippen molar-refractivity contribution < 1.29 is 9.53 Å². The Hall–Kier alpha value is -0.610. The number of ether oxygens (including phenoxy) is 1. The van der Waals surface area contributed by atoms with E-state index >= 15 is 0 Å². The van der Waals surface area contributed by atoms with Gasteiger partial charge in [0.25, 0.3) is 0 Å². The highest BCUT2D eigenvalue weighted by atomic mass is 16.5. The van der Waals surface area contributed by atoms with Gasteiger partial charge in [-0.3, -0.25) is 10.1 Å². The lowest BCUT2D eigenvalue weighted by Gasteiger charge is -2.22. The van der Waals surface area contributed by atoms with Crippen LogP contribution in [0.4, 0.5) is 0 Å². The largest absolute Gasteiger partial charge is 0.383 e. The van der Waals surface area contributed by atoms with Gasteiger partial charge in [-0.05, 0) is 12.8 Å². The molecule has 0 aromatic heterocycles. The number of methoxy groups -OCH3 is 1. The van der Waals surface area contributed by atoms with Crippen molar-refractivity contribution in [2.24, 2.45) is 0 Å². The molecule has 1 heterocycles. The highest BCUT2D eigenvalue weighted by Crippen LogP contribution is 2.17. The van der Waals surface area contributed by atoms with Crippen LogP contribution in [0, 0.1) is 0 Å². The lowest BCUT2D eigenvalue weighted by Crippen LogP contribution is -2.38. The van der Waals surface area contributed by atoms with E-state index in [1.807, 2.05) is 4.90 Å². The maximum Gasteiger partial charge on any atom is 0.241 e. The fourth-order valence-electron chi connectivity index (χ4n) is 2.16. The molecular weight excluding hydrogens is 204 g/mol. The first-order valence-corrected chi connectivity index (χ1v) is 6.30. The molecule has 0 aromatic rings. The number of unbranched alkanes of at least 4 members (excludes halogenated alkanes) is 1. The predicted octanol–water partition coefficient (Wildman–Crippen LogP) is 1.36. The monoisotopic (exact) mass is 228 g/mol. The van der Waals surface area contributed by atoms with Crippen LogP contribution in [0.15, 0.2) is 0 Å². The molecule has 2 unspecified atom stereocenters. The summed E-state index contributed by atoms with van der Waals surface area (Å²) in [6.45, 7) is 5.57. The van der Waals surface area contributed by atoms with E-state index in [1.165, 1.54) is 0 Å². The van der Waals surface area contributed by atoms with Gasteiger partial charge in [-0.15, -0.1) is 0 Å². The van der Waals surface area contributed by atoms with Crippen LogP contribution >= 0.6 is 0 Å². The zero-order valence-electron chi connectivity index (χ0n) is 10.7. The highest BCUT2D eigenvalue weighted by Gasteiger charge is 2.36. The summed E-state index contributed by atoms with van der Waals surface area (Å²) in [5, 5.41) is 3.41. The second-order valence-corrected chi connectivity index (χ2v) is 4.31. The average molecular weight is 228 g/mol. The van der Waals surface area contributed by atoms with Crippen molar-refractivity contribution in [3.63, 3.8) is 0 Å². The molecule has 0 bridgehead atoms. The SMILES string of the molecule is CCCCC1NC(CC)N(CCOC)C1=O. The minimum atomic E-state index is 0.0294. The molecule has 0 aliphatic carbocycles. The van der Waals surface area contributed by atoms with E-state index in [4.69, 9.17) is 4.74 Å². The molecule has 1 aliphatic rings. The number of hydrogen-bond donors (Lipinski definition) is 1. The number of carbonyl (C=O) groups excluding carboxylic acids is 1. The van der Waals surface area contributed by atoms with Crippen LogP contribution in [0.2, 0.25) is 0 Å². The molecule has 0 radical (unpaired) electrons. The average Bonchev–Trinajstić information content (AvgIpc) is 2.60. The second-order valence-electron chi connectivity index (χ2n) is 4.31. The maximum atomic E-state index is 12.1. The van der Waals surface area contributed by atoms with E-state index in [1.54, 1.807) is 7.11 Å². The molecule has 1 amide bonds. The highest BCUT2D eigenvalue weighted by molar-refractivity contribution is 5.84. The summed E-state index contributed by atoms with van der Waals surface area (Å²) in [6.07, 6.45) is 4.36. The Bertz CT molecular complexity index is 221. The Kier molecular flexibility index (Phi) is 5.77. The molecule has 1 N–H and O–H groups in total. The Balaban J connectivity index is 2.51. The third-order valence-corrected chi connectivity index (χ3v) is 3.12. The lowest BCUT2D eigenvalue weighted by atomic mass is 10.1. The molecule has 0 spiro atoms. The number of hydrogen-bond acceptors (Lipinski definition) is 3. The number of carbonyl (C=O) groups is 1. The van der Waals surface area contributed by atoms with Crippen molar-refractivity contribution in [1.82, 2.24) is 10.2 Å². The zero-order valence-corrected chi connectivity index (χ0v) is 10.7. The predicted molar refractivity (Wildman–Crippen MR) is 64.1 cm³/mol. The van der Waals surface area contributed by atoms with Gasteiger partial charge in [0.1, 0.15) is 0 Å². The van der Waals surface area contributed by atoms with Crippen molar-refractivity contribution in [1.29, 1.82) is 0 Å². The zero-order chi connectivity index (χ0) is 12.0. The fourth-order valence-corrected chi connectivity index (χ4v) is 2.16. The normalized spacial score (nSPS) is 25.4. The summed E-state index contributed by atoms with van der Waals surface area (Å²) in [5.41, 5.74) is 0. The Morgan fingerprint density at radius 2 is 2.19 bits per heavy atom. The van der Waals surface area contributed by atoms with Crippen molar-refractivity contribution in [2.75, 3.05) is 20.3 Å². The third kappa shape index (κ3) is 3.19. The summed E-state index contributed by atoms with van der Waals surface area (Å²) in [5.74, 6) is 0.248. The summed E-state index contributed by atoms with van der Waals surface area (Å²) in [6, 6.07) is 0.0294. The molecule has 4 heteroatoms. The minimum absolute atomic E-state index is 0.0294. The molecule has 94 valence electrons. The second kappa shape index (κ2) is 6.86. The number of nitrogens with zero attached hydrogens (tertiary/aromatic N) is 1. The van der Waals surface area contributed by atoms with E-state index in [0.29, 0.717) is 13.2 Å². The van der Waals surface area contributed by atoms with E-state index in [0.717, 1.165) is 25.7 Å². The Morgan fingerprint density at radius 1 is 1.44 bits per heavy atom. The van der Waals surface area contributed by atoms with Crippen LogP contribution in [0.5, 0.6) is 0 Å². The Labute approximate surface area is 98.3 Å². The third-order valence-electron chi connectivity index (χ3n) is 3.12. The molecule has 2 atom stereocenters. The molecule has 1 saturated heterocycles. The first-order chi connectivity index (χ1) is 7.74. The first-order valence-electron chi connectivity index (χ1n) is 6.30. The van der Waals surface area contributed by atoms with Gasteiger partial charge in [-0.25, -0.2) is 0 Å². The van der Waals surface area contributed by atoms with Gasteiger partial charge in [-0.2, -0.15) is 0 Å². The van der Waals surface area contributed by atoms with Crippen LogP contribution in [-0.4, -0.2) is 43.3 Å². The van der Waals surface area contributed by atoms with E-state index in [9.17, 15) is 4.79 Å². The topological polar surface area (TPSA) is 41.6 Å². The van der Waals surface area contributed by atoms with E-state index < -0.39 is 0 Å². The smallest absolute Gasteiger partial charge is 0.241 e. The molecule has 0 aromatic carbocycles. The number of nitrogens with one attached hydrogen (secondary N) is 1. The van der Waals surface area contributed by atoms with Gasteiger partial charge in [0.15, 0.2) is 0 Å². The van der Waals surface area contributed by atoms with Gasteiger partial charge in [0.2, 0.25) is 5.91 Å². The lowest BCUT2D eigenvalue weighted by molar-refractivity contribution is -0.130. The van der Waals surface area contributed by atoms with Crippen LogP contribution in [0.1, 0.15) is 39.5 Å². The van der Waals surface area contributed by atoms with Crippen molar-refractivity contribution >= 4 is 5.91 Å². The van der Waals surface area contributed by atoms with Gasteiger partial charge in [-0.1, -0.05) is 26.7 Å². The summed E-state index contributed by atoms with van der Waals surface area (Å²) >= 11 is 0. The van der Waals surface area contributed by atoms with Gasteiger partial charge >= 0.3 is 0 Å². The molecule has 1 aliphatic heterocycles. The minimum Gasteiger partial charge on any atom is -0.383 e. The Morgan fingerprint density at radius 3 is 2.75 bits per heavy atom. The van der Waals surface area contributed by atoms with Crippen LogP contribution in [-0.2, 0) is 9.53 Å². The summed E-state index contributed by atoms with van der Waals surface area (Å²) in [4.78, 5) is 14.0. The first kappa shape index (κ1) is 13.5. The van der Waals surface area contributed by atoms with Gasteiger partial charge in [0, 0.05) is 13.7 Å². The number of amides is 1. The van der Waals surface area contributed by atoms with Crippen molar-refractivity contribution in [2.45, 2.75) is 51.7 Å². The summed E-state index contributed by atoms with van der Waals surface area (Å²) in [7, 11) is 1.67. The fraction of sp³-hybridized carbons (Fsp3) is 0.917. The molecule has 1 fully saturated rings. The molecular formula is C12H24N2O2. The van der Waals surface area contributed by atoms with Crippen LogP contribution in [0.3, 0.4) is 0 Å². The maximum absolute atomic E-state index is 12.1. The van der Waals surface area contributed by atoms with Crippen LogP contribution < -0.4 is 5.32 Å². The quantitative estimate of drug-likeness (QED) is 0.715. The van der Waals surface area contributed by atoms with Crippen molar-refractivity contribution in [3.8, 4) is 0 Å². The molecule has 0 saturated carbocycles. The molecule has 16 heavy (non-hydrogen) atoms. The van der Waals surface area contributed by atoms with Gasteiger partial charge in [0.05, 0.1) is 18.8 Å². The summed E-state index contributed by atoms with van der Waals surface area (Å²) < 4.78 is 5.04. The molecule has 1 rings (SSSR count).